The predicted molar refractivity (Wildman–Crippen MR) is 96.1 cm³/mol. The Balaban J connectivity index is 1.63. The minimum atomic E-state index is -0.00155. The Morgan fingerprint density at radius 2 is 1.22 bits per heavy atom. The van der Waals surface area contributed by atoms with E-state index in [-0.39, 0.29) is 6.98 Å². The van der Waals surface area contributed by atoms with E-state index in [9.17, 15) is 0 Å². The third-order valence-corrected chi connectivity index (χ3v) is 3.80. The minimum absolute atomic E-state index is 0.00155. The van der Waals surface area contributed by atoms with Crippen molar-refractivity contribution in [3.8, 4) is 0 Å². The lowest BCUT2D eigenvalue weighted by atomic mass is 9.68. The fourth-order valence-corrected chi connectivity index (χ4v) is 2.67. The van der Waals surface area contributed by atoms with Crippen LogP contribution in [0, 0.1) is 0 Å². The molecular formula is C18H15BN4. The molecule has 0 saturated carbocycles. The van der Waals surface area contributed by atoms with Gasteiger partial charge in [0, 0.05) is 11.4 Å². The first-order chi connectivity index (χ1) is 11.4. The first kappa shape index (κ1) is 13.6. The number of hydrogen-bond donors (Lipinski definition) is 2. The highest BCUT2D eigenvalue weighted by molar-refractivity contribution is 6.82. The maximum absolute atomic E-state index is 4.43. The van der Waals surface area contributed by atoms with Gasteiger partial charge in [-0.3, -0.25) is 0 Å². The van der Waals surface area contributed by atoms with Crippen LogP contribution in [0.3, 0.4) is 0 Å². The van der Waals surface area contributed by atoms with E-state index in [1.165, 1.54) is 0 Å². The summed E-state index contributed by atoms with van der Waals surface area (Å²) in [6.45, 7) is -0.00155. The summed E-state index contributed by atoms with van der Waals surface area (Å²) in [7, 11) is 0. The van der Waals surface area contributed by atoms with Crippen molar-refractivity contribution in [1.82, 2.24) is 0 Å². The molecule has 4 rings (SSSR count). The lowest BCUT2D eigenvalue weighted by Crippen LogP contribution is -2.42. The highest BCUT2D eigenvalue weighted by Gasteiger charge is 2.28. The van der Waals surface area contributed by atoms with Crippen LogP contribution in [-0.4, -0.2) is 6.98 Å². The lowest BCUT2D eigenvalue weighted by molar-refractivity contribution is 1.24. The molecule has 1 aliphatic rings. The molecule has 1 aliphatic heterocycles. The quantitative estimate of drug-likeness (QED) is 0.558. The Morgan fingerprint density at radius 1 is 0.609 bits per heavy atom. The summed E-state index contributed by atoms with van der Waals surface area (Å²) in [6.07, 6.45) is 0. The molecule has 0 aliphatic carbocycles. The van der Waals surface area contributed by atoms with Gasteiger partial charge < -0.3 is 10.5 Å². The molecule has 3 aromatic carbocycles. The van der Waals surface area contributed by atoms with Gasteiger partial charge in [-0.05, 0) is 35.8 Å². The zero-order valence-corrected chi connectivity index (χ0v) is 12.5. The highest BCUT2D eigenvalue weighted by Crippen LogP contribution is 2.27. The van der Waals surface area contributed by atoms with E-state index in [0.717, 1.165) is 28.2 Å². The maximum Gasteiger partial charge on any atom is 0.408 e. The van der Waals surface area contributed by atoms with Gasteiger partial charge >= 0.3 is 6.98 Å². The molecule has 110 valence electrons. The van der Waals surface area contributed by atoms with Crippen molar-refractivity contribution in [3.05, 3.63) is 78.9 Å². The van der Waals surface area contributed by atoms with Gasteiger partial charge in [0.25, 0.3) is 0 Å². The smallest absolute Gasteiger partial charge is 0.404 e. The van der Waals surface area contributed by atoms with Gasteiger partial charge in [-0.2, -0.15) is 10.2 Å². The van der Waals surface area contributed by atoms with Crippen LogP contribution < -0.4 is 15.9 Å². The van der Waals surface area contributed by atoms with Crippen LogP contribution in [0.5, 0.6) is 0 Å². The van der Waals surface area contributed by atoms with Gasteiger partial charge in [0.15, 0.2) is 0 Å². The van der Waals surface area contributed by atoms with Crippen LogP contribution in [0.15, 0.2) is 89.1 Å². The summed E-state index contributed by atoms with van der Waals surface area (Å²) in [5.74, 6) is 0. The van der Waals surface area contributed by atoms with Crippen LogP contribution in [0.2, 0.25) is 0 Å². The molecule has 0 bridgehead atoms. The molecule has 0 aromatic heterocycles. The first-order valence-corrected chi connectivity index (χ1v) is 7.58. The number of hydrogen-bond acceptors (Lipinski definition) is 4. The summed E-state index contributed by atoms with van der Waals surface area (Å²) in [6, 6.07) is 26.0. The van der Waals surface area contributed by atoms with E-state index in [0.29, 0.717) is 0 Å². The number of fused-ring (bicyclic) bond motifs is 1. The summed E-state index contributed by atoms with van der Waals surface area (Å²) in [5, 5.41) is 15.7. The van der Waals surface area contributed by atoms with E-state index in [1.54, 1.807) is 0 Å². The molecule has 23 heavy (non-hydrogen) atoms. The number of anilines is 2. The third-order valence-electron chi connectivity index (χ3n) is 3.80. The molecule has 4 nitrogen and oxygen atoms in total. The van der Waals surface area contributed by atoms with Crippen LogP contribution in [0.4, 0.5) is 22.7 Å². The van der Waals surface area contributed by atoms with Gasteiger partial charge in [0.05, 0.1) is 11.4 Å². The lowest BCUT2D eigenvalue weighted by Gasteiger charge is -2.09. The van der Waals surface area contributed by atoms with Gasteiger partial charge in [0.2, 0.25) is 0 Å². The van der Waals surface area contributed by atoms with Crippen molar-refractivity contribution in [2.45, 2.75) is 0 Å². The molecular weight excluding hydrogens is 283 g/mol. The molecule has 0 atom stereocenters. The molecule has 0 saturated heterocycles. The van der Waals surface area contributed by atoms with Gasteiger partial charge in [-0.25, -0.2) is 0 Å². The molecule has 0 fully saturated rings. The highest BCUT2D eigenvalue weighted by atomic mass is 15.1. The summed E-state index contributed by atoms with van der Waals surface area (Å²) in [4.78, 5) is 0. The second-order valence-corrected chi connectivity index (χ2v) is 5.36. The third kappa shape index (κ3) is 2.81. The number of rotatable bonds is 3. The van der Waals surface area contributed by atoms with Crippen molar-refractivity contribution >= 4 is 35.2 Å². The topological polar surface area (TPSA) is 48.8 Å². The number of nitrogens with zero attached hydrogens (tertiary/aromatic N) is 2. The van der Waals surface area contributed by atoms with Crippen LogP contribution in [0.1, 0.15) is 0 Å². The maximum atomic E-state index is 4.43. The van der Waals surface area contributed by atoms with E-state index in [4.69, 9.17) is 0 Å². The molecule has 5 heteroatoms. The first-order valence-electron chi connectivity index (χ1n) is 7.58. The van der Waals surface area contributed by atoms with Crippen molar-refractivity contribution in [1.29, 1.82) is 0 Å². The number of benzene rings is 3. The number of azo groups is 1. The van der Waals surface area contributed by atoms with Crippen molar-refractivity contribution in [2.24, 2.45) is 10.2 Å². The Bertz CT molecular complexity index is 823. The second-order valence-electron chi connectivity index (χ2n) is 5.36. The van der Waals surface area contributed by atoms with Crippen molar-refractivity contribution in [3.63, 3.8) is 0 Å². The monoisotopic (exact) mass is 298 g/mol. The summed E-state index contributed by atoms with van der Waals surface area (Å²) < 4.78 is 0. The predicted octanol–water partition coefficient (Wildman–Crippen LogP) is 4.33. The standard InChI is InChI=1S/C18H15BN4/c1-2-8-14(9-3-1)22-23-16-11-5-4-10-15(16)19-20-17-12-6-7-13-18(17)21-19/h1-13,20-21H. The van der Waals surface area contributed by atoms with Crippen molar-refractivity contribution in [2.75, 3.05) is 10.5 Å². The largest absolute Gasteiger partial charge is 0.408 e. The Hall–Kier alpha value is -3.08. The summed E-state index contributed by atoms with van der Waals surface area (Å²) in [5.41, 5.74) is 4.98. The van der Waals surface area contributed by atoms with E-state index in [1.807, 2.05) is 60.7 Å². The van der Waals surface area contributed by atoms with Gasteiger partial charge in [0.1, 0.15) is 0 Å². The Labute approximate surface area is 135 Å². The Morgan fingerprint density at radius 3 is 1.96 bits per heavy atom. The molecule has 0 unspecified atom stereocenters. The summed E-state index contributed by atoms with van der Waals surface area (Å²) >= 11 is 0. The van der Waals surface area contributed by atoms with Gasteiger partial charge in [-0.15, -0.1) is 0 Å². The molecule has 3 aromatic rings. The normalized spacial score (nSPS) is 12.8. The van der Waals surface area contributed by atoms with E-state index < -0.39 is 0 Å². The minimum Gasteiger partial charge on any atom is -0.404 e. The van der Waals surface area contributed by atoms with Crippen LogP contribution >= 0.6 is 0 Å². The van der Waals surface area contributed by atoms with Crippen LogP contribution in [-0.2, 0) is 0 Å². The van der Waals surface area contributed by atoms with Crippen LogP contribution in [0.25, 0.3) is 0 Å². The fourth-order valence-electron chi connectivity index (χ4n) is 2.67. The SMILES string of the molecule is c1ccc(N=Nc2ccccc2B2Nc3ccccc3N2)cc1. The molecule has 0 radical (unpaired) electrons. The van der Waals surface area contributed by atoms with Gasteiger partial charge in [-0.1, -0.05) is 48.5 Å². The molecule has 0 spiro atoms. The zero-order valence-electron chi connectivity index (χ0n) is 12.5. The van der Waals surface area contributed by atoms with E-state index in [2.05, 4.69) is 38.9 Å². The average Bonchev–Trinajstić information content (AvgIpc) is 3.05. The number of para-hydroxylation sites is 2. The van der Waals surface area contributed by atoms with Crippen molar-refractivity contribution < 1.29 is 0 Å². The molecule has 0 amide bonds. The molecule has 2 N–H and O–H groups in total. The Kier molecular flexibility index (Phi) is 3.52. The van der Waals surface area contributed by atoms with E-state index >= 15 is 0 Å². The zero-order chi connectivity index (χ0) is 15.5. The fraction of sp³-hybridized carbons (Fsp3) is 0. The average molecular weight is 298 g/mol. The molecule has 1 heterocycles. The second kappa shape index (κ2) is 5.97. The number of nitrogens with one attached hydrogen (secondary N) is 2.